The zero-order valence-electron chi connectivity index (χ0n) is 14.9. The van der Waals surface area contributed by atoms with Crippen molar-refractivity contribution in [3.8, 4) is 0 Å². The monoisotopic (exact) mass is 320 g/mol. The maximum atomic E-state index is 8.94. The predicted octanol–water partition coefficient (Wildman–Crippen LogP) is 2.66. The standard InChI is InChI=1S/C18H32N4O/c1-15(2)5-4-6-16(3)21-10-7-17(8-11-21)13-22-14-18(9-12-23)19-20-22/h5,14,16-17,23H,4,6-13H2,1-3H3/t16-/m0/s1. The number of hydrogen-bond acceptors (Lipinski definition) is 4. The largest absolute Gasteiger partial charge is 0.396 e. The second kappa shape index (κ2) is 9.18. The first-order chi connectivity index (χ1) is 11.1. The van der Waals surface area contributed by atoms with E-state index in [2.05, 4.69) is 42.1 Å². The van der Waals surface area contributed by atoms with E-state index in [4.69, 9.17) is 5.11 Å². The normalized spacial score (nSPS) is 18.1. The topological polar surface area (TPSA) is 54.2 Å². The second-order valence-corrected chi connectivity index (χ2v) is 7.09. The Bertz CT molecular complexity index is 485. The van der Waals surface area contributed by atoms with E-state index in [1.54, 1.807) is 0 Å². The number of allylic oxidation sites excluding steroid dienone is 2. The fourth-order valence-electron chi connectivity index (χ4n) is 3.29. The molecule has 1 aliphatic rings. The molecule has 130 valence electrons. The van der Waals surface area contributed by atoms with Crippen LogP contribution in [0.15, 0.2) is 17.8 Å². The Hall–Kier alpha value is -1.20. The molecule has 1 atom stereocenters. The average molecular weight is 320 g/mol. The molecule has 0 saturated carbocycles. The first kappa shape index (κ1) is 18.1. The molecule has 0 aromatic carbocycles. The molecule has 23 heavy (non-hydrogen) atoms. The van der Waals surface area contributed by atoms with Crippen molar-refractivity contribution in [2.75, 3.05) is 19.7 Å². The summed E-state index contributed by atoms with van der Waals surface area (Å²) in [5, 5.41) is 17.2. The smallest absolute Gasteiger partial charge is 0.0849 e. The molecule has 1 fully saturated rings. The van der Waals surface area contributed by atoms with Crippen molar-refractivity contribution in [3.63, 3.8) is 0 Å². The molecule has 0 amide bonds. The van der Waals surface area contributed by atoms with Gasteiger partial charge in [0, 0.05) is 31.8 Å². The Labute approximate surface area is 140 Å². The molecule has 2 heterocycles. The minimum absolute atomic E-state index is 0.141. The fraction of sp³-hybridized carbons (Fsp3) is 0.778. The van der Waals surface area contributed by atoms with Gasteiger partial charge in [0.05, 0.1) is 5.69 Å². The summed E-state index contributed by atoms with van der Waals surface area (Å²) in [7, 11) is 0. The number of piperidine rings is 1. The molecular weight excluding hydrogens is 288 g/mol. The number of nitrogens with zero attached hydrogens (tertiary/aromatic N) is 4. The van der Waals surface area contributed by atoms with Gasteiger partial charge in [-0.05, 0) is 65.5 Å². The lowest BCUT2D eigenvalue weighted by Gasteiger charge is -2.36. The van der Waals surface area contributed by atoms with Crippen molar-refractivity contribution in [2.45, 2.75) is 65.5 Å². The molecule has 5 nitrogen and oxygen atoms in total. The Morgan fingerprint density at radius 2 is 2.13 bits per heavy atom. The van der Waals surface area contributed by atoms with E-state index in [-0.39, 0.29) is 6.61 Å². The lowest BCUT2D eigenvalue weighted by Crippen LogP contribution is -2.40. The predicted molar refractivity (Wildman–Crippen MR) is 93.2 cm³/mol. The lowest BCUT2D eigenvalue weighted by molar-refractivity contribution is 0.127. The van der Waals surface area contributed by atoms with Crippen LogP contribution in [0, 0.1) is 5.92 Å². The summed E-state index contributed by atoms with van der Waals surface area (Å²) in [6, 6.07) is 0.675. The van der Waals surface area contributed by atoms with Gasteiger partial charge in [0.1, 0.15) is 0 Å². The quantitative estimate of drug-likeness (QED) is 0.748. The third-order valence-electron chi connectivity index (χ3n) is 4.81. The molecule has 2 rings (SSSR count). The van der Waals surface area contributed by atoms with Gasteiger partial charge < -0.3 is 10.0 Å². The average Bonchev–Trinajstić information content (AvgIpc) is 2.95. The number of rotatable bonds is 8. The fourth-order valence-corrected chi connectivity index (χ4v) is 3.29. The van der Waals surface area contributed by atoms with E-state index in [1.807, 2.05) is 10.9 Å². The summed E-state index contributed by atoms with van der Waals surface area (Å²) in [4.78, 5) is 2.63. The van der Waals surface area contributed by atoms with Crippen LogP contribution >= 0.6 is 0 Å². The van der Waals surface area contributed by atoms with Crippen LogP contribution < -0.4 is 0 Å². The van der Waals surface area contributed by atoms with Gasteiger partial charge >= 0.3 is 0 Å². The van der Waals surface area contributed by atoms with Gasteiger partial charge in [-0.25, -0.2) is 0 Å². The van der Waals surface area contributed by atoms with Gasteiger partial charge in [0.2, 0.25) is 0 Å². The Morgan fingerprint density at radius 1 is 1.39 bits per heavy atom. The summed E-state index contributed by atoms with van der Waals surface area (Å²) < 4.78 is 1.95. The molecule has 1 aromatic rings. The first-order valence-electron chi connectivity index (χ1n) is 8.95. The number of aliphatic hydroxyl groups is 1. The molecule has 1 aromatic heterocycles. The van der Waals surface area contributed by atoms with Gasteiger partial charge in [-0.1, -0.05) is 16.9 Å². The molecule has 0 aliphatic carbocycles. The zero-order valence-corrected chi connectivity index (χ0v) is 14.9. The van der Waals surface area contributed by atoms with Crippen molar-refractivity contribution >= 4 is 0 Å². The van der Waals surface area contributed by atoms with E-state index in [0.29, 0.717) is 18.4 Å². The van der Waals surface area contributed by atoms with Gasteiger partial charge in [-0.15, -0.1) is 5.10 Å². The van der Waals surface area contributed by atoms with Crippen LogP contribution in [0.5, 0.6) is 0 Å². The first-order valence-corrected chi connectivity index (χ1v) is 8.95. The minimum Gasteiger partial charge on any atom is -0.396 e. The summed E-state index contributed by atoms with van der Waals surface area (Å²) in [6.07, 6.45) is 9.84. The maximum absolute atomic E-state index is 8.94. The van der Waals surface area contributed by atoms with Crippen LogP contribution in [0.3, 0.4) is 0 Å². The van der Waals surface area contributed by atoms with Crippen LogP contribution in [0.1, 0.15) is 52.1 Å². The molecule has 1 saturated heterocycles. The lowest BCUT2D eigenvalue weighted by atomic mass is 9.95. The molecular formula is C18H32N4O. The highest BCUT2D eigenvalue weighted by Gasteiger charge is 2.22. The van der Waals surface area contributed by atoms with E-state index in [9.17, 15) is 0 Å². The van der Waals surface area contributed by atoms with Crippen molar-refractivity contribution in [1.29, 1.82) is 0 Å². The molecule has 1 aliphatic heterocycles. The van der Waals surface area contributed by atoms with Crippen LogP contribution in [0.25, 0.3) is 0 Å². The van der Waals surface area contributed by atoms with Crippen molar-refractivity contribution < 1.29 is 5.11 Å². The number of aromatic nitrogens is 3. The van der Waals surface area contributed by atoms with Gasteiger partial charge in [-0.3, -0.25) is 4.68 Å². The molecule has 0 radical (unpaired) electrons. The van der Waals surface area contributed by atoms with E-state index >= 15 is 0 Å². The molecule has 1 N–H and O–H groups in total. The summed E-state index contributed by atoms with van der Waals surface area (Å²) in [6.45, 7) is 10.2. The SMILES string of the molecule is CC(C)=CCC[C@H](C)N1CCC(Cn2cc(CCO)nn2)CC1. The Balaban J connectivity index is 1.71. The van der Waals surface area contributed by atoms with E-state index in [1.165, 1.54) is 44.3 Å². The maximum Gasteiger partial charge on any atom is 0.0849 e. The van der Waals surface area contributed by atoms with Gasteiger partial charge in [0.25, 0.3) is 0 Å². The van der Waals surface area contributed by atoms with Crippen LogP contribution in [-0.4, -0.2) is 50.7 Å². The molecule has 0 spiro atoms. The van der Waals surface area contributed by atoms with Gasteiger partial charge in [0.15, 0.2) is 0 Å². The summed E-state index contributed by atoms with van der Waals surface area (Å²) in [5.74, 6) is 0.694. The number of aliphatic hydroxyl groups excluding tert-OH is 1. The summed E-state index contributed by atoms with van der Waals surface area (Å²) >= 11 is 0. The van der Waals surface area contributed by atoms with E-state index < -0.39 is 0 Å². The Kier molecular flexibility index (Phi) is 7.24. The highest BCUT2D eigenvalue weighted by Crippen LogP contribution is 2.22. The van der Waals surface area contributed by atoms with Crippen LogP contribution in [0.4, 0.5) is 0 Å². The molecule has 5 heteroatoms. The van der Waals surface area contributed by atoms with Gasteiger partial charge in [-0.2, -0.15) is 0 Å². The summed E-state index contributed by atoms with van der Waals surface area (Å²) in [5.41, 5.74) is 2.31. The second-order valence-electron chi connectivity index (χ2n) is 7.09. The number of likely N-dealkylation sites (tertiary alicyclic amines) is 1. The highest BCUT2D eigenvalue weighted by molar-refractivity contribution is 4.94. The highest BCUT2D eigenvalue weighted by atomic mass is 16.3. The van der Waals surface area contributed by atoms with Crippen molar-refractivity contribution in [1.82, 2.24) is 19.9 Å². The van der Waals surface area contributed by atoms with E-state index in [0.717, 1.165) is 12.2 Å². The molecule has 0 bridgehead atoms. The van der Waals surface area contributed by atoms with Crippen LogP contribution in [-0.2, 0) is 13.0 Å². The minimum atomic E-state index is 0.141. The Morgan fingerprint density at radius 3 is 2.78 bits per heavy atom. The zero-order chi connectivity index (χ0) is 16.7. The third kappa shape index (κ3) is 6.07. The van der Waals surface area contributed by atoms with Crippen molar-refractivity contribution in [3.05, 3.63) is 23.5 Å². The number of hydrogen-bond donors (Lipinski definition) is 1. The van der Waals surface area contributed by atoms with Crippen molar-refractivity contribution in [2.24, 2.45) is 5.92 Å². The van der Waals surface area contributed by atoms with Crippen LogP contribution in [0.2, 0.25) is 0 Å². The third-order valence-corrected chi connectivity index (χ3v) is 4.81. The molecule has 0 unspecified atom stereocenters.